The van der Waals surface area contributed by atoms with Crippen molar-refractivity contribution in [3.63, 3.8) is 0 Å². The van der Waals surface area contributed by atoms with Gasteiger partial charge in [-0.05, 0) is 36.4 Å². The van der Waals surface area contributed by atoms with Crippen LogP contribution in [0.4, 0.5) is 5.13 Å². The van der Waals surface area contributed by atoms with E-state index in [1.165, 1.54) is 30.6 Å². The average molecular weight is 406 g/mol. The molecule has 142 valence electrons. The summed E-state index contributed by atoms with van der Waals surface area (Å²) >= 11 is 1.25. The molecule has 1 unspecified atom stereocenters. The molecule has 9 heteroatoms. The number of nitrogens with zero attached hydrogens (tertiary/aromatic N) is 1. The molecule has 1 N–H and O–H groups in total. The van der Waals surface area contributed by atoms with Crippen molar-refractivity contribution in [1.82, 2.24) is 4.98 Å². The maximum Gasteiger partial charge on any atom is 0.230 e. The molecule has 0 aliphatic heterocycles. The highest BCUT2D eigenvalue weighted by molar-refractivity contribution is 7.91. The molecule has 7 nitrogen and oxygen atoms in total. The van der Waals surface area contributed by atoms with Gasteiger partial charge >= 0.3 is 0 Å². The highest BCUT2D eigenvalue weighted by Gasteiger charge is 2.24. The van der Waals surface area contributed by atoms with Gasteiger partial charge in [0.1, 0.15) is 11.4 Å². The van der Waals surface area contributed by atoms with Crippen molar-refractivity contribution in [3.8, 4) is 17.2 Å². The standard InChI is InChI=1S/C18H18N2O5S2/c1-12(11-27(22,23)14-7-5-13(24-2)6-8-14)17(21)20-18-19-15(10-26-18)16-4-3-9-25-16/h3-10,12H,11H2,1-2H3,(H,19,20,21). The monoisotopic (exact) mass is 406 g/mol. The van der Waals surface area contributed by atoms with Gasteiger partial charge in [-0.15, -0.1) is 11.3 Å². The molecule has 0 aliphatic carbocycles. The molecule has 0 aliphatic rings. The number of amides is 1. The molecule has 2 heterocycles. The van der Waals surface area contributed by atoms with Gasteiger partial charge in [-0.2, -0.15) is 0 Å². The van der Waals surface area contributed by atoms with Crippen molar-refractivity contribution in [2.75, 3.05) is 18.2 Å². The number of hydrogen-bond donors (Lipinski definition) is 1. The fourth-order valence-electron chi connectivity index (χ4n) is 2.38. The summed E-state index contributed by atoms with van der Waals surface area (Å²) in [5.41, 5.74) is 0.610. The third-order valence-electron chi connectivity index (χ3n) is 3.84. The topological polar surface area (TPSA) is 98.5 Å². The van der Waals surface area contributed by atoms with Crippen molar-refractivity contribution < 1.29 is 22.4 Å². The van der Waals surface area contributed by atoms with E-state index in [0.29, 0.717) is 22.3 Å². The Kier molecular flexibility index (Phi) is 5.62. The molecule has 1 amide bonds. The zero-order valence-electron chi connectivity index (χ0n) is 14.7. The number of rotatable bonds is 7. The smallest absolute Gasteiger partial charge is 0.230 e. The van der Waals surface area contributed by atoms with E-state index in [1.54, 1.807) is 42.8 Å². The molecule has 0 radical (unpaired) electrons. The Morgan fingerprint density at radius 3 is 2.67 bits per heavy atom. The van der Waals surface area contributed by atoms with E-state index in [-0.39, 0.29) is 10.6 Å². The minimum atomic E-state index is -3.60. The lowest BCUT2D eigenvalue weighted by molar-refractivity contribution is -0.118. The van der Waals surface area contributed by atoms with E-state index in [2.05, 4.69) is 10.3 Å². The van der Waals surface area contributed by atoms with Crippen LogP contribution in [-0.4, -0.2) is 32.2 Å². The summed E-state index contributed by atoms with van der Waals surface area (Å²) in [4.78, 5) is 16.8. The number of anilines is 1. The van der Waals surface area contributed by atoms with Gasteiger partial charge in [-0.3, -0.25) is 4.79 Å². The number of methoxy groups -OCH3 is 1. The van der Waals surface area contributed by atoms with Crippen LogP contribution in [0.25, 0.3) is 11.5 Å². The first-order valence-electron chi connectivity index (χ1n) is 8.06. The van der Waals surface area contributed by atoms with E-state index >= 15 is 0 Å². The number of ether oxygens (including phenoxy) is 1. The van der Waals surface area contributed by atoms with Crippen LogP contribution >= 0.6 is 11.3 Å². The van der Waals surface area contributed by atoms with Gasteiger partial charge in [0, 0.05) is 11.3 Å². The molecule has 0 saturated heterocycles. The van der Waals surface area contributed by atoms with E-state index in [9.17, 15) is 13.2 Å². The molecule has 0 fully saturated rings. The summed E-state index contributed by atoms with van der Waals surface area (Å²) in [7, 11) is -2.09. The van der Waals surface area contributed by atoms with Gasteiger partial charge in [0.05, 0.1) is 24.0 Å². The Morgan fingerprint density at radius 2 is 2.04 bits per heavy atom. The van der Waals surface area contributed by atoms with Gasteiger partial charge in [0.2, 0.25) is 5.91 Å². The molecule has 3 aromatic rings. The zero-order chi connectivity index (χ0) is 19.4. The second kappa shape index (κ2) is 7.93. The number of nitrogens with one attached hydrogen (secondary N) is 1. The van der Waals surface area contributed by atoms with Crippen LogP contribution in [0.15, 0.2) is 57.4 Å². The number of sulfone groups is 1. The summed E-state index contributed by atoms with van der Waals surface area (Å²) in [6, 6.07) is 9.60. The largest absolute Gasteiger partial charge is 0.497 e. The average Bonchev–Trinajstić information content (AvgIpc) is 3.33. The molecule has 3 rings (SSSR count). The molecule has 0 saturated carbocycles. The predicted octanol–water partition coefficient (Wildman–Crippen LogP) is 3.46. The van der Waals surface area contributed by atoms with Crippen LogP contribution in [0.1, 0.15) is 6.92 Å². The van der Waals surface area contributed by atoms with Gasteiger partial charge < -0.3 is 14.5 Å². The third kappa shape index (κ3) is 4.55. The molecule has 2 aromatic heterocycles. The molecular weight excluding hydrogens is 388 g/mol. The lowest BCUT2D eigenvalue weighted by atomic mass is 10.2. The van der Waals surface area contributed by atoms with Crippen LogP contribution in [0.5, 0.6) is 5.75 Å². The van der Waals surface area contributed by atoms with Crippen LogP contribution in [-0.2, 0) is 14.6 Å². The number of carbonyl (C=O) groups excluding carboxylic acids is 1. The van der Waals surface area contributed by atoms with Gasteiger partial charge in [-0.1, -0.05) is 6.92 Å². The summed E-state index contributed by atoms with van der Waals surface area (Å²) in [5.74, 6) is -0.292. The first kappa shape index (κ1) is 19.1. The van der Waals surface area contributed by atoms with Crippen LogP contribution in [0.2, 0.25) is 0 Å². The fourth-order valence-corrected chi connectivity index (χ4v) is 4.64. The van der Waals surface area contributed by atoms with E-state index in [4.69, 9.17) is 9.15 Å². The Morgan fingerprint density at radius 1 is 1.30 bits per heavy atom. The molecule has 27 heavy (non-hydrogen) atoms. The lowest BCUT2D eigenvalue weighted by Gasteiger charge is -2.12. The maximum absolute atomic E-state index is 12.5. The first-order valence-corrected chi connectivity index (χ1v) is 10.6. The summed E-state index contributed by atoms with van der Waals surface area (Å²) in [5, 5.41) is 4.80. The molecular formula is C18H18N2O5S2. The minimum absolute atomic E-state index is 0.150. The third-order valence-corrected chi connectivity index (χ3v) is 6.53. The Hall–Kier alpha value is -2.65. The number of carbonyl (C=O) groups is 1. The molecule has 1 aromatic carbocycles. The summed E-state index contributed by atoms with van der Waals surface area (Å²) in [6.07, 6.45) is 1.54. The van der Waals surface area contributed by atoms with Crippen molar-refractivity contribution >= 4 is 32.2 Å². The number of thiazole rings is 1. The van der Waals surface area contributed by atoms with Gasteiger partial charge in [0.25, 0.3) is 0 Å². The number of aromatic nitrogens is 1. The Labute approximate surface area is 160 Å². The highest BCUT2D eigenvalue weighted by Crippen LogP contribution is 2.26. The van der Waals surface area contributed by atoms with Crippen LogP contribution < -0.4 is 10.1 Å². The van der Waals surface area contributed by atoms with Gasteiger partial charge in [0.15, 0.2) is 20.7 Å². The first-order chi connectivity index (χ1) is 12.9. The maximum atomic E-state index is 12.5. The lowest BCUT2D eigenvalue weighted by Crippen LogP contribution is -2.27. The van der Waals surface area contributed by atoms with E-state index in [0.717, 1.165) is 0 Å². The summed E-state index contributed by atoms with van der Waals surface area (Å²) < 4.78 is 35.3. The number of hydrogen-bond acceptors (Lipinski definition) is 7. The Bertz CT molecular complexity index is 1010. The quantitative estimate of drug-likeness (QED) is 0.645. The second-order valence-electron chi connectivity index (χ2n) is 5.86. The summed E-state index contributed by atoms with van der Waals surface area (Å²) in [6.45, 7) is 1.57. The molecule has 0 bridgehead atoms. The number of furan rings is 1. The number of benzene rings is 1. The molecule has 1 atom stereocenters. The normalized spacial score (nSPS) is 12.5. The predicted molar refractivity (Wildman–Crippen MR) is 103 cm³/mol. The minimum Gasteiger partial charge on any atom is -0.497 e. The Balaban J connectivity index is 1.64. The van der Waals surface area contributed by atoms with Gasteiger partial charge in [-0.25, -0.2) is 13.4 Å². The van der Waals surface area contributed by atoms with Crippen molar-refractivity contribution in [2.24, 2.45) is 5.92 Å². The van der Waals surface area contributed by atoms with E-state index in [1.807, 2.05) is 0 Å². The van der Waals surface area contributed by atoms with Crippen molar-refractivity contribution in [2.45, 2.75) is 11.8 Å². The highest BCUT2D eigenvalue weighted by atomic mass is 32.2. The van der Waals surface area contributed by atoms with Crippen LogP contribution in [0, 0.1) is 5.92 Å². The molecule has 0 spiro atoms. The fraction of sp³-hybridized carbons (Fsp3) is 0.222. The van der Waals surface area contributed by atoms with Crippen molar-refractivity contribution in [1.29, 1.82) is 0 Å². The SMILES string of the molecule is COc1ccc(S(=O)(=O)CC(C)C(=O)Nc2nc(-c3ccco3)cs2)cc1. The van der Waals surface area contributed by atoms with E-state index < -0.39 is 21.7 Å². The zero-order valence-corrected chi connectivity index (χ0v) is 16.3. The van der Waals surface area contributed by atoms with Crippen molar-refractivity contribution in [3.05, 3.63) is 48.0 Å². The second-order valence-corrected chi connectivity index (χ2v) is 8.75. The van der Waals surface area contributed by atoms with Crippen LogP contribution in [0.3, 0.4) is 0 Å².